The minimum Gasteiger partial charge on any atom is -0.492 e. The summed E-state index contributed by atoms with van der Waals surface area (Å²) in [6.07, 6.45) is -4.68. The van der Waals surface area contributed by atoms with Gasteiger partial charge in [-0.25, -0.2) is 4.39 Å². The van der Waals surface area contributed by atoms with Gasteiger partial charge in [-0.1, -0.05) is 0 Å². The Morgan fingerprint density at radius 2 is 1.88 bits per heavy atom. The largest absolute Gasteiger partial charge is 0.492 e. The van der Waals surface area contributed by atoms with Crippen molar-refractivity contribution in [3.05, 3.63) is 29.6 Å². The molecule has 0 spiro atoms. The molecular formula is C9H10ClF4NO. The standard InChI is InChI=1S/C9H9F4NO.ClH/c10-8-5-6(15-4-3-14)1-2-7(8)9(11,12)13;/h1-2,5H,3-4,14H2;1H. The third-order valence-electron chi connectivity index (χ3n) is 1.63. The van der Waals surface area contributed by atoms with Crippen molar-refractivity contribution in [3.8, 4) is 5.75 Å². The minimum absolute atomic E-state index is 0. The Balaban J connectivity index is 0.00000225. The zero-order valence-corrected chi connectivity index (χ0v) is 8.87. The Labute approximate surface area is 95.8 Å². The van der Waals surface area contributed by atoms with Crippen molar-refractivity contribution < 1.29 is 22.3 Å². The van der Waals surface area contributed by atoms with E-state index in [4.69, 9.17) is 10.5 Å². The van der Waals surface area contributed by atoms with Crippen molar-refractivity contribution in [1.29, 1.82) is 0 Å². The minimum atomic E-state index is -4.68. The van der Waals surface area contributed by atoms with Crippen molar-refractivity contribution in [2.75, 3.05) is 13.2 Å². The summed E-state index contributed by atoms with van der Waals surface area (Å²) in [6, 6.07) is 2.39. The topological polar surface area (TPSA) is 35.2 Å². The van der Waals surface area contributed by atoms with E-state index < -0.39 is 17.6 Å². The van der Waals surface area contributed by atoms with E-state index in [1.165, 1.54) is 0 Å². The van der Waals surface area contributed by atoms with Crippen LogP contribution in [-0.4, -0.2) is 13.2 Å². The van der Waals surface area contributed by atoms with Gasteiger partial charge in [-0.05, 0) is 12.1 Å². The van der Waals surface area contributed by atoms with Gasteiger partial charge in [-0.2, -0.15) is 13.2 Å². The van der Waals surface area contributed by atoms with Crippen LogP contribution < -0.4 is 10.5 Å². The fourth-order valence-corrected chi connectivity index (χ4v) is 0.992. The van der Waals surface area contributed by atoms with E-state index in [0.29, 0.717) is 12.1 Å². The molecule has 0 aliphatic carbocycles. The lowest BCUT2D eigenvalue weighted by Gasteiger charge is -2.09. The maximum absolute atomic E-state index is 12.9. The third kappa shape index (κ3) is 3.86. The molecule has 0 amide bonds. The molecule has 0 bridgehead atoms. The van der Waals surface area contributed by atoms with Crippen LogP contribution in [0.1, 0.15) is 5.56 Å². The number of halogens is 5. The average molecular weight is 260 g/mol. The molecule has 7 heteroatoms. The van der Waals surface area contributed by atoms with E-state index in [2.05, 4.69) is 0 Å². The first kappa shape index (κ1) is 15.0. The van der Waals surface area contributed by atoms with Gasteiger partial charge in [0.2, 0.25) is 0 Å². The van der Waals surface area contributed by atoms with Gasteiger partial charge in [-0.15, -0.1) is 12.4 Å². The van der Waals surface area contributed by atoms with E-state index in [0.717, 1.165) is 6.07 Å². The summed E-state index contributed by atoms with van der Waals surface area (Å²) < 4.78 is 54.2. The van der Waals surface area contributed by atoms with Crippen LogP contribution in [0.2, 0.25) is 0 Å². The fourth-order valence-electron chi connectivity index (χ4n) is 0.992. The SMILES string of the molecule is Cl.NCCOc1ccc(C(F)(F)F)c(F)c1. The number of rotatable bonds is 3. The summed E-state index contributed by atoms with van der Waals surface area (Å²) >= 11 is 0. The van der Waals surface area contributed by atoms with E-state index in [1.807, 2.05) is 0 Å². The molecule has 1 aromatic carbocycles. The van der Waals surface area contributed by atoms with Gasteiger partial charge in [-0.3, -0.25) is 0 Å². The molecule has 1 rings (SSSR count). The van der Waals surface area contributed by atoms with Gasteiger partial charge in [0, 0.05) is 12.6 Å². The summed E-state index contributed by atoms with van der Waals surface area (Å²) in [5, 5.41) is 0. The first-order valence-electron chi connectivity index (χ1n) is 4.15. The molecule has 0 unspecified atom stereocenters. The molecule has 0 fully saturated rings. The number of benzene rings is 1. The third-order valence-corrected chi connectivity index (χ3v) is 1.63. The lowest BCUT2D eigenvalue weighted by atomic mass is 10.2. The highest BCUT2D eigenvalue weighted by atomic mass is 35.5. The van der Waals surface area contributed by atoms with Gasteiger partial charge in [0.25, 0.3) is 0 Å². The number of nitrogens with two attached hydrogens (primary N) is 1. The van der Waals surface area contributed by atoms with Crippen LogP contribution in [0, 0.1) is 5.82 Å². The number of alkyl halides is 3. The number of hydrogen-bond acceptors (Lipinski definition) is 2. The lowest BCUT2D eigenvalue weighted by Crippen LogP contribution is -2.12. The molecule has 0 atom stereocenters. The van der Waals surface area contributed by atoms with Crippen molar-refractivity contribution in [2.45, 2.75) is 6.18 Å². The van der Waals surface area contributed by atoms with E-state index in [9.17, 15) is 17.6 Å². The molecule has 16 heavy (non-hydrogen) atoms. The van der Waals surface area contributed by atoms with Crippen LogP contribution in [0.25, 0.3) is 0 Å². The summed E-state index contributed by atoms with van der Waals surface area (Å²) in [4.78, 5) is 0. The highest BCUT2D eigenvalue weighted by molar-refractivity contribution is 5.85. The smallest absolute Gasteiger partial charge is 0.419 e. The normalized spacial score (nSPS) is 10.8. The van der Waals surface area contributed by atoms with Crippen LogP contribution in [0.15, 0.2) is 18.2 Å². The fraction of sp³-hybridized carbons (Fsp3) is 0.333. The van der Waals surface area contributed by atoms with E-state index >= 15 is 0 Å². The monoisotopic (exact) mass is 259 g/mol. The Morgan fingerprint density at radius 1 is 1.25 bits per heavy atom. The average Bonchev–Trinajstić information content (AvgIpc) is 2.12. The van der Waals surface area contributed by atoms with E-state index in [-0.39, 0.29) is 31.3 Å². The molecule has 0 aromatic heterocycles. The molecule has 0 aliphatic rings. The van der Waals surface area contributed by atoms with Gasteiger partial charge in [0.15, 0.2) is 0 Å². The van der Waals surface area contributed by atoms with Crippen LogP contribution >= 0.6 is 12.4 Å². The van der Waals surface area contributed by atoms with Crippen molar-refractivity contribution >= 4 is 12.4 Å². The van der Waals surface area contributed by atoms with Gasteiger partial charge < -0.3 is 10.5 Å². The molecule has 0 heterocycles. The molecule has 92 valence electrons. The van der Waals surface area contributed by atoms with Crippen molar-refractivity contribution in [2.24, 2.45) is 5.73 Å². The maximum Gasteiger partial charge on any atom is 0.419 e. The quantitative estimate of drug-likeness (QED) is 0.847. The molecular weight excluding hydrogens is 250 g/mol. The second-order valence-electron chi connectivity index (χ2n) is 2.78. The Hall–Kier alpha value is -1.01. The van der Waals surface area contributed by atoms with Gasteiger partial charge >= 0.3 is 6.18 Å². The number of hydrogen-bond donors (Lipinski definition) is 1. The first-order chi connectivity index (χ1) is 6.95. The predicted molar refractivity (Wildman–Crippen MR) is 53.2 cm³/mol. The van der Waals surface area contributed by atoms with Crippen LogP contribution in [0.4, 0.5) is 17.6 Å². The molecule has 0 saturated carbocycles. The molecule has 1 aromatic rings. The lowest BCUT2D eigenvalue weighted by molar-refractivity contribution is -0.140. The number of ether oxygens (including phenoxy) is 1. The highest BCUT2D eigenvalue weighted by Gasteiger charge is 2.33. The van der Waals surface area contributed by atoms with Crippen LogP contribution in [-0.2, 0) is 6.18 Å². The van der Waals surface area contributed by atoms with Crippen molar-refractivity contribution in [1.82, 2.24) is 0 Å². The van der Waals surface area contributed by atoms with Crippen molar-refractivity contribution in [3.63, 3.8) is 0 Å². The maximum atomic E-state index is 12.9. The van der Waals surface area contributed by atoms with Gasteiger partial charge in [0.1, 0.15) is 18.2 Å². The van der Waals surface area contributed by atoms with Crippen LogP contribution in [0.5, 0.6) is 5.75 Å². The summed E-state index contributed by atoms with van der Waals surface area (Å²) in [5.74, 6) is -1.32. The Bertz CT molecular complexity index is 343. The Morgan fingerprint density at radius 3 is 2.31 bits per heavy atom. The zero-order valence-electron chi connectivity index (χ0n) is 8.05. The van der Waals surface area contributed by atoms with Gasteiger partial charge in [0.05, 0.1) is 5.56 Å². The first-order valence-corrected chi connectivity index (χ1v) is 4.15. The molecule has 2 N–H and O–H groups in total. The second-order valence-corrected chi connectivity index (χ2v) is 2.78. The summed E-state index contributed by atoms with van der Waals surface area (Å²) in [7, 11) is 0. The summed E-state index contributed by atoms with van der Waals surface area (Å²) in [5.41, 5.74) is 3.81. The molecule has 0 aliphatic heterocycles. The predicted octanol–water partition coefficient (Wildman–Crippen LogP) is 2.60. The second kappa shape index (κ2) is 5.91. The summed E-state index contributed by atoms with van der Waals surface area (Å²) in [6.45, 7) is 0.341. The molecule has 2 nitrogen and oxygen atoms in total. The molecule has 0 saturated heterocycles. The zero-order chi connectivity index (χ0) is 11.5. The molecule has 0 radical (unpaired) electrons. The Kier molecular flexibility index (Phi) is 5.53. The van der Waals surface area contributed by atoms with E-state index in [1.54, 1.807) is 0 Å². The van der Waals surface area contributed by atoms with Crippen LogP contribution in [0.3, 0.4) is 0 Å². The highest BCUT2D eigenvalue weighted by Crippen LogP contribution is 2.32.